The number of halogens is 3. The van der Waals surface area contributed by atoms with E-state index in [2.05, 4.69) is 4.84 Å². The molecule has 1 aliphatic heterocycles. The number of carbonyl (C=O) groups is 3. The van der Waals surface area contributed by atoms with E-state index in [9.17, 15) is 27.6 Å². The quantitative estimate of drug-likeness (QED) is 0.585. The molecule has 0 atom stereocenters. The fraction of sp³-hybridized carbons (Fsp3) is 0.500. The summed E-state index contributed by atoms with van der Waals surface area (Å²) in [6.45, 7) is -0.427. The first kappa shape index (κ1) is 11.3. The molecule has 0 saturated carbocycles. The molecule has 3 amide bonds. The van der Waals surface area contributed by atoms with Gasteiger partial charge in [-0.2, -0.15) is 13.2 Å². The number of likely N-dealkylation sites (N-methyl/N-ethyl adjacent to an activating group) is 1. The zero-order valence-corrected chi connectivity index (χ0v) is 7.37. The summed E-state index contributed by atoms with van der Waals surface area (Å²) in [6.07, 6.45) is -5.25. The highest BCUT2D eigenvalue weighted by Crippen LogP contribution is 2.19. The van der Waals surface area contributed by atoms with Gasteiger partial charge >= 0.3 is 18.2 Å². The van der Waals surface area contributed by atoms with Crippen molar-refractivity contribution < 1.29 is 32.4 Å². The predicted octanol–water partition coefficient (Wildman–Crippen LogP) is -0.0991. The number of hydrogen-bond acceptors (Lipinski definition) is 4. The van der Waals surface area contributed by atoms with Crippen LogP contribution in [0, 0.1) is 0 Å². The van der Waals surface area contributed by atoms with Crippen molar-refractivity contribution in [2.24, 2.45) is 0 Å². The maximum atomic E-state index is 11.7. The smallest absolute Gasteiger partial charge is 0.320 e. The average Bonchev–Trinajstić information content (AvgIpc) is 2.30. The van der Waals surface area contributed by atoms with Gasteiger partial charge in [-0.3, -0.25) is 4.79 Å². The van der Waals surface area contributed by atoms with Crippen LogP contribution in [0.15, 0.2) is 0 Å². The first-order chi connectivity index (χ1) is 6.73. The third-order valence-corrected chi connectivity index (χ3v) is 1.50. The van der Waals surface area contributed by atoms with Crippen LogP contribution < -0.4 is 0 Å². The molecule has 0 bridgehead atoms. The van der Waals surface area contributed by atoms with Crippen LogP contribution in [0.25, 0.3) is 0 Å². The zero-order chi connectivity index (χ0) is 11.8. The van der Waals surface area contributed by atoms with Gasteiger partial charge in [0, 0.05) is 7.05 Å². The van der Waals surface area contributed by atoms with Crippen molar-refractivity contribution in [1.82, 2.24) is 9.96 Å². The SMILES string of the molecule is CN1CC(=O)N(OC(=O)C(F)(F)F)C1=O. The molecule has 0 aromatic rings. The minimum atomic E-state index is -5.25. The number of alkyl halides is 3. The Hall–Kier alpha value is -1.80. The van der Waals surface area contributed by atoms with E-state index in [-0.39, 0.29) is 5.06 Å². The second-order valence-electron chi connectivity index (χ2n) is 2.70. The van der Waals surface area contributed by atoms with Crippen molar-refractivity contribution in [3.05, 3.63) is 0 Å². The number of rotatable bonds is 1. The molecule has 9 heteroatoms. The number of amides is 3. The molecule has 1 heterocycles. The molecule has 6 nitrogen and oxygen atoms in total. The van der Waals surface area contributed by atoms with Crippen LogP contribution in [0.5, 0.6) is 0 Å². The van der Waals surface area contributed by atoms with Crippen LogP contribution in [0.3, 0.4) is 0 Å². The largest absolute Gasteiger partial charge is 0.493 e. The summed E-state index contributed by atoms with van der Waals surface area (Å²) in [4.78, 5) is 36.6. The maximum absolute atomic E-state index is 11.7. The van der Waals surface area contributed by atoms with E-state index in [1.807, 2.05) is 0 Å². The lowest BCUT2D eigenvalue weighted by Crippen LogP contribution is -2.38. The summed E-state index contributed by atoms with van der Waals surface area (Å²) < 4.78 is 35.1. The third kappa shape index (κ3) is 2.17. The van der Waals surface area contributed by atoms with E-state index in [0.29, 0.717) is 0 Å². The Kier molecular flexibility index (Phi) is 2.56. The van der Waals surface area contributed by atoms with E-state index in [1.54, 1.807) is 0 Å². The summed E-state index contributed by atoms with van der Waals surface area (Å²) in [6, 6.07) is -1.11. The molecule has 1 aliphatic rings. The predicted molar refractivity (Wildman–Crippen MR) is 37.0 cm³/mol. The van der Waals surface area contributed by atoms with Crippen molar-refractivity contribution in [2.75, 3.05) is 13.6 Å². The van der Waals surface area contributed by atoms with Crippen LogP contribution in [-0.4, -0.2) is 47.6 Å². The van der Waals surface area contributed by atoms with Gasteiger partial charge in [0.25, 0.3) is 5.91 Å². The maximum Gasteiger partial charge on any atom is 0.493 e. The Bertz CT molecular complexity index is 327. The molecular weight excluding hydrogens is 221 g/mol. The molecule has 0 radical (unpaired) electrons. The molecule has 15 heavy (non-hydrogen) atoms. The molecule has 0 aliphatic carbocycles. The van der Waals surface area contributed by atoms with Gasteiger partial charge in [0.15, 0.2) is 0 Å². The molecule has 84 valence electrons. The van der Waals surface area contributed by atoms with E-state index < -0.39 is 30.6 Å². The van der Waals surface area contributed by atoms with Crippen molar-refractivity contribution in [1.29, 1.82) is 0 Å². The number of imide groups is 1. The lowest BCUT2D eigenvalue weighted by Gasteiger charge is -2.13. The number of urea groups is 1. The lowest BCUT2D eigenvalue weighted by atomic mass is 10.6. The Labute approximate surface area is 81.1 Å². The average molecular weight is 226 g/mol. The molecule has 0 aromatic heterocycles. The van der Waals surface area contributed by atoms with E-state index in [0.717, 1.165) is 4.90 Å². The fourth-order valence-electron chi connectivity index (χ4n) is 0.821. The van der Waals surface area contributed by atoms with Gasteiger partial charge < -0.3 is 9.74 Å². The van der Waals surface area contributed by atoms with Gasteiger partial charge in [-0.25, -0.2) is 9.59 Å². The molecule has 1 saturated heterocycles. The Morgan fingerprint density at radius 2 is 1.93 bits per heavy atom. The molecule has 0 N–H and O–H groups in total. The van der Waals surface area contributed by atoms with E-state index >= 15 is 0 Å². The van der Waals surface area contributed by atoms with Crippen molar-refractivity contribution >= 4 is 17.9 Å². The normalized spacial score (nSPS) is 17.3. The van der Waals surface area contributed by atoms with Gasteiger partial charge in [0.1, 0.15) is 6.54 Å². The summed E-state index contributed by atoms with van der Waals surface area (Å²) in [5.74, 6) is -3.64. The Morgan fingerprint density at radius 1 is 1.40 bits per heavy atom. The summed E-state index contributed by atoms with van der Waals surface area (Å²) in [5, 5.41) is -0.212. The van der Waals surface area contributed by atoms with Gasteiger partial charge in [0.05, 0.1) is 0 Å². The molecular formula is C6H5F3N2O4. The molecule has 0 aromatic carbocycles. The van der Waals surface area contributed by atoms with E-state index in [4.69, 9.17) is 0 Å². The fourth-order valence-corrected chi connectivity index (χ4v) is 0.821. The summed E-state index contributed by atoms with van der Waals surface area (Å²) in [7, 11) is 1.18. The third-order valence-electron chi connectivity index (χ3n) is 1.50. The lowest BCUT2D eigenvalue weighted by molar-refractivity contribution is -0.225. The highest BCUT2D eigenvalue weighted by Gasteiger charge is 2.46. The van der Waals surface area contributed by atoms with Crippen LogP contribution in [-0.2, 0) is 14.4 Å². The number of carbonyl (C=O) groups excluding carboxylic acids is 3. The molecule has 1 rings (SSSR count). The number of nitrogens with zero attached hydrogens (tertiary/aromatic N) is 2. The van der Waals surface area contributed by atoms with Crippen molar-refractivity contribution in [3.8, 4) is 0 Å². The van der Waals surface area contributed by atoms with Crippen molar-refractivity contribution in [3.63, 3.8) is 0 Å². The molecule has 1 fully saturated rings. The zero-order valence-electron chi connectivity index (χ0n) is 7.37. The van der Waals surface area contributed by atoms with Crippen LogP contribution in [0.1, 0.15) is 0 Å². The number of hydroxylamine groups is 2. The van der Waals surface area contributed by atoms with Gasteiger partial charge in [-0.05, 0) is 0 Å². The van der Waals surface area contributed by atoms with Crippen LogP contribution in [0.4, 0.5) is 18.0 Å². The highest BCUT2D eigenvalue weighted by molar-refractivity contribution is 6.01. The van der Waals surface area contributed by atoms with Gasteiger partial charge in [-0.1, -0.05) is 5.06 Å². The molecule has 0 spiro atoms. The topological polar surface area (TPSA) is 66.9 Å². The first-order valence-corrected chi connectivity index (χ1v) is 3.60. The van der Waals surface area contributed by atoms with Crippen LogP contribution >= 0.6 is 0 Å². The molecule has 0 unspecified atom stereocenters. The summed E-state index contributed by atoms with van der Waals surface area (Å²) >= 11 is 0. The first-order valence-electron chi connectivity index (χ1n) is 3.60. The Morgan fingerprint density at radius 3 is 2.27 bits per heavy atom. The van der Waals surface area contributed by atoms with E-state index in [1.165, 1.54) is 7.05 Å². The van der Waals surface area contributed by atoms with Gasteiger partial charge in [-0.15, -0.1) is 0 Å². The monoisotopic (exact) mass is 226 g/mol. The second kappa shape index (κ2) is 3.41. The number of hydrogen-bond donors (Lipinski definition) is 0. The van der Waals surface area contributed by atoms with Crippen molar-refractivity contribution in [2.45, 2.75) is 6.18 Å². The minimum Gasteiger partial charge on any atom is -0.320 e. The minimum absolute atomic E-state index is 0.212. The Balaban J connectivity index is 2.71. The second-order valence-corrected chi connectivity index (χ2v) is 2.70. The summed E-state index contributed by atoms with van der Waals surface area (Å²) in [5.41, 5.74) is 0. The van der Waals surface area contributed by atoms with Crippen LogP contribution in [0.2, 0.25) is 0 Å². The highest BCUT2D eigenvalue weighted by atomic mass is 19.4. The van der Waals surface area contributed by atoms with Gasteiger partial charge in [0.2, 0.25) is 0 Å². The standard InChI is InChI=1S/C6H5F3N2O4/c1-10-2-3(12)11(5(10)14)15-4(13)6(7,8)9/h2H2,1H3.